The van der Waals surface area contributed by atoms with Crippen molar-refractivity contribution >= 4 is 33.0 Å². The van der Waals surface area contributed by atoms with Crippen LogP contribution in [0.25, 0.3) is 0 Å². The van der Waals surface area contributed by atoms with E-state index < -0.39 is 38.4 Å². The molecular weight excluding hydrogens is 443 g/mol. The van der Waals surface area contributed by atoms with Gasteiger partial charge < -0.3 is 10.1 Å². The molecule has 0 saturated carbocycles. The Bertz CT molecular complexity index is 1090. The lowest BCUT2D eigenvalue weighted by molar-refractivity contribution is 0.00738. The van der Waals surface area contributed by atoms with Crippen molar-refractivity contribution in [3.63, 3.8) is 0 Å². The highest BCUT2D eigenvalue weighted by Gasteiger charge is 2.42. The largest absolute Gasteiger partial charge is 0.375 e. The third kappa shape index (κ3) is 3.93. The van der Waals surface area contributed by atoms with Gasteiger partial charge in [0, 0.05) is 23.4 Å². The third-order valence-electron chi connectivity index (χ3n) is 5.43. The molecule has 1 amide bonds. The van der Waals surface area contributed by atoms with E-state index in [2.05, 4.69) is 5.32 Å². The number of rotatable bonds is 4. The second-order valence-corrected chi connectivity index (χ2v) is 10.1. The molecule has 1 N–H and O–H groups in total. The quantitative estimate of drug-likeness (QED) is 0.684. The molecule has 160 valence electrons. The van der Waals surface area contributed by atoms with E-state index in [9.17, 15) is 26.4 Å². The summed E-state index contributed by atoms with van der Waals surface area (Å²) in [7, 11) is -3.83. The summed E-state index contributed by atoms with van der Waals surface area (Å²) in [4.78, 5) is 12.3. The van der Waals surface area contributed by atoms with Crippen molar-refractivity contribution in [2.75, 3.05) is 5.32 Å². The number of halogens is 4. The van der Waals surface area contributed by atoms with E-state index in [1.165, 1.54) is 12.1 Å². The standard InChI is InChI=1S/C20H17ClF3NO4S/c21-15-4-1-10(20(26)25-11-6-16(22)19(24)17(23)7-11)5-18(15)30(27,28)14-8-12-2-3-13(9-14)29-12/h1,4-7,12-14H,2-3,8-9H2,(H,25,26)/t12-,13+,14?. The van der Waals surface area contributed by atoms with Gasteiger partial charge in [0.2, 0.25) is 0 Å². The number of hydrogen-bond acceptors (Lipinski definition) is 4. The third-order valence-corrected chi connectivity index (χ3v) is 8.08. The van der Waals surface area contributed by atoms with Crippen LogP contribution >= 0.6 is 11.6 Å². The first kappa shape index (κ1) is 21.1. The Kier molecular flexibility index (Phi) is 5.54. The number of carbonyl (C=O) groups excluding carboxylic acids is 1. The first-order valence-electron chi connectivity index (χ1n) is 9.30. The smallest absolute Gasteiger partial charge is 0.255 e. The van der Waals surface area contributed by atoms with Crippen molar-refractivity contribution in [3.05, 3.63) is 58.4 Å². The molecule has 0 radical (unpaired) electrons. The summed E-state index contributed by atoms with van der Waals surface area (Å²) in [5.74, 6) is -5.39. The van der Waals surface area contributed by atoms with Gasteiger partial charge >= 0.3 is 0 Å². The fourth-order valence-electron chi connectivity index (χ4n) is 3.94. The topological polar surface area (TPSA) is 72.5 Å². The normalized spacial score (nSPS) is 23.4. The zero-order chi connectivity index (χ0) is 21.6. The van der Waals surface area contributed by atoms with Gasteiger partial charge in [0.1, 0.15) is 0 Å². The lowest BCUT2D eigenvalue weighted by Gasteiger charge is -2.28. The summed E-state index contributed by atoms with van der Waals surface area (Å²) in [6.07, 6.45) is 2.16. The van der Waals surface area contributed by atoms with Gasteiger partial charge in [-0.15, -0.1) is 0 Å². The van der Waals surface area contributed by atoms with E-state index in [0.29, 0.717) is 25.0 Å². The average molecular weight is 460 g/mol. The van der Waals surface area contributed by atoms with Crippen molar-refractivity contribution in [1.29, 1.82) is 0 Å². The highest BCUT2D eigenvalue weighted by atomic mass is 35.5. The molecule has 1 unspecified atom stereocenters. The Hall–Kier alpha value is -2.10. The molecular formula is C20H17ClF3NO4S. The Balaban J connectivity index is 1.61. The van der Waals surface area contributed by atoms with E-state index in [1.807, 2.05) is 0 Å². The molecule has 0 aliphatic carbocycles. The zero-order valence-corrected chi connectivity index (χ0v) is 17.1. The predicted molar refractivity (Wildman–Crippen MR) is 104 cm³/mol. The van der Waals surface area contributed by atoms with E-state index in [-0.39, 0.29) is 33.4 Å². The van der Waals surface area contributed by atoms with Crippen LogP contribution in [0.15, 0.2) is 35.2 Å². The maximum Gasteiger partial charge on any atom is 0.255 e. The van der Waals surface area contributed by atoms with Crippen LogP contribution in [0, 0.1) is 17.5 Å². The number of nitrogens with one attached hydrogen (secondary N) is 1. The number of carbonyl (C=O) groups is 1. The average Bonchev–Trinajstić information content (AvgIpc) is 3.03. The first-order chi connectivity index (χ1) is 14.1. The molecule has 5 nitrogen and oxygen atoms in total. The van der Waals surface area contributed by atoms with Crippen LogP contribution in [0.2, 0.25) is 5.02 Å². The summed E-state index contributed by atoms with van der Waals surface area (Å²) >= 11 is 6.13. The second-order valence-electron chi connectivity index (χ2n) is 7.45. The SMILES string of the molecule is O=C(Nc1cc(F)c(F)c(F)c1)c1ccc(Cl)c(S(=O)(=O)C2C[C@H]3CC[C@@H](C2)O3)c1. The van der Waals surface area contributed by atoms with Crippen molar-refractivity contribution in [2.24, 2.45) is 0 Å². The lowest BCUT2D eigenvalue weighted by atomic mass is 10.1. The van der Waals surface area contributed by atoms with E-state index >= 15 is 0 Å². The number of sulfone groups is 1. The van der Waals surface area contributed by atoms with Crippen LogP contribution in [-0.4, -0.2) is 31.8 Å². The van der Waals surface area contributed by atoms with Gasteiger partial charge in [-0.05, 0) is 43.9 Å². The van der Waals surface area contributed by atoms with E-state index in [4.69, 9.17) is 16.3 Å². The maximum atomic E-state index is 13.4. The molecule has 2 aromatic rings. The van der Waals surface area contributed by atoms with Crippen molar-refractivity contribution in [3.8, 4) is 0 Å². The molecule has 0 spiro atoms. The molecule has 30 heavy (non-hydrogen) atoms. The molecule has 0 aromatic heterocycles. The summed E-state index contributed by atoms with van der Waals surface area (Å²) < 4.78 is 71.9. The Labute approximate surface area is 176 Å². The van der Waals surface area contributed by atoms with Gasteiger partial charge in [-0.2, -0.15) is 0 Å². The summed E-state index contributed by atoms with van der Waals surface area (Å²) in [5, 5.41) is 1.53. The zero-order valence-electron chi connectivity index (χ0n) is 15.5. The number of benzene rings is 2. The summed E-state index contributed by atoms with van der Waals surface area (Å²) in [6.45, 7) is 0. The van der Waals surface area contributed by atoms with Crippen LogP contribution in [0.4, 0.5) is 18.9 Å². The second kappa shape index (κ2) is 7.86. The molecule has 3 atom stereocenters. The number of amides is 1. The molecule has 2 saturated heterocycles. The molecule has 2 bridgehead atoms. The maximum absolute atomic E-state index is 13.4. The fourth-order valence-corrected chi connectivity index (χ4v) is 6.30. The minimum Gasteiger partial charge on any atom is -0.375 e. The van der Waals surface area contributed by atoms with Crippen LogP contribution in [-0.2, 0) is 14.6 Å². The molecule has 4 rings (SSSR count). The Morgan fingerprint density at radius 3 is 2.23 bits per heavy atom. The lowest BCUT2D eigenvalue weighted by Crippen LogP contribution is -2.34. The van der Waals surface area contributed by atoms with E-state index in [0.717, 1.165) is 18.9 Å². The summed E-state index contributed by atoms with van der Waals surface area (Å²) in [5.41, 5.74) is -0.380. The predicted octanol–water partition coefficient (Wildman–Crippen LogP) is 4.49. The van der Waals surface area contributed by atoms with Gasteiger partial charge in [-0.1, -0.05) is 11.6 Å². The van der Waals surface area contributed by atoms with Gasteiger partial charge in [0.05, 0.1) is 27.4 Å². The van der Waals surface area contributed by atoms with Crippen molar-refractivity contribution in [2.45, 2.75) is 48.0 Å². The minimum atomic E-state index is -3.83. The number of hydrogen-bond donors (Lipinski definition) is 1. The van der Waals surface area contributed by atoms with Crippen LogP contribution in [0.3, 0.4) is 0 Å². The molecule has 2 heterocycles. The Morgan fingerprint density at radius 2 is 1.63 bits per heavy atom. The van der Waals surface area contributed by atoms with Gasteiger partial charge in [0.15, 0.2) is 27.3 Å². The van der Waals surface area contributed by atoms with Gasteiger partial charge in [-0.3, -0.25) is 4.79 Å². The van der Waals surface area contributed by atoms with Crippen LogP contribution < -0.4 is 5.32 Å². The molecule has 2 aliphatic rings. The fraction of sp³-hybridized carbons (Fsp3) is 0.350. The van der Waals surface area contributed by atoms with Gasteiger partial charge in [0.25, 0.3) is 5.91 Å². The molecule has 10 heteroatoms. The van der Waals surface area contributed by atoms with Crippen LogP contribution in [0.1, 0.15) is 36.0 Å². The molecule has 2 fully saturated rings. The Morgan fingerprint density at radius 1 is 1.03 bits per heavy atom. The van der Waals surface area contributed by atoms with Gasteiger partial charge in [-0.25, -0.2) is 21.6 Å². The highest BCUT2D eigenvalue weighted by Crippen LogP contribution is 2.39. The minimum absolute atomic E-state index is 0.0238. The number of anilines is 1. The van der Waals surface area contributed by atoms with Crippen LogP contribution in [0.5, 0.6) is 0 Å². The summed E-state index contributed by atoms with van der Waals surface area (Å²) in [6, 6.07) is 4.97. The molecule has 2 aliphatic heterocycles. The van der Waals surface area contributed by atoms with Crippen molar-refractivity contribution < 1.29 is 31.1 Å². The highest BCUT2D eigenvalue weighted by molar-refractivity contribution is 7.92. The number of ether oxygens (including phenoxy) is 1. The molecule has 2 aromatic carbocycles. The first-order valence-corrected chi connectivity index (χ1v) is 11.2. The van der Waals surface area contributed by atoms with Crippen molar-refractivity contribution in [1.82, 2.24) is 0 Å². The monoisotopic (exact) mass is 459 g/mol. The number of fused-ring (bicyclic) bond motifs is 2. The van der Waals surface area contributed by atoms with E-state index in [1.54, 1.807) is 0 Å².